The van der Waals surface area contributed by atoms with E-state index in [1.165, 1.54) is 0 Å². The first-order chi connectivity index (χ1) is 8.56. The molecule has 92 valence electrons. The number of anilines is 2. The second kappa shape index (κ2) is 5.18. The number of halogens is 1. The number of nitrogens with two attached hydrogens (primary N) is 1. The van der Waals surface area contributed by atoms with Gasteiger partial charge in [0.25, 0.3) is 5.91 Å². The normalized spacial score (nSPS) is 10.1. The van der Waals surface area contributed by atoms with Crippen LogP contribution in [-0.2, 0) is 0 Å². The highest BCUT2D eigenvalue weighted by Gasteiger charge is 2.10. The van der Waals surface area contributed by atoms with Crippen LogP contribution >= 0.6 is 15.9 Å². The van der Waals surface area contributed by atoms with Crippen LogP contribution in [0.2, 0.25) is 0 Å². The van der Waals surface area contributed by atoms with Crippen molar-refractivity contribution in [2.24, 2.45) is 0 Å². The summed E-state index contributed by atoms with van der Waals surface area (Å²) in [6.07, 6.45) is 1.61. The van der Waals surface area contributed by atoms with E-state index in [4.69, 9.17) is 5.73 Å². The molecule has 0 unspecified atom stereocenters. The van der Waals surface area contributed by atoms with Crippen molar-refractivity contribution in [3.63, 3.8) is 0 Å². The van der Waals surface area contributed by atoms with Gasteiger partial charge in [-0.05, 0) is 37.3 Å². The molecule has 1 aromatic heterocycles. The molecule has 0 aliphatic rings. The van der Waals surface area contributed by atoms with E-state index >= 15 is 0 Å². The first kappa shape index (κ1) is 12.6. The van der Waals surface area contributed by atoms with Crippen molar-refractivity contribution >= 4 is 33.2 Å². The van der Waals surface area contributed by atoms with Crippen LogP contribution in [0.1, 0.15) is 16.1 Å². The summed E-state index contributed by atoms with van der Waals surface area (Å²) in [6.45, 7) is 1.89. The Morgan fingerprint density at radius 1 is 1.33 bits per heavy atom. The molecule has 0 bridgehead atoms. The van der Waals surface area contributed by atoms with Gasteiger partial charge in [-0.1, -0.05) is 15.9 Å². The standard InChI is InChI=1S/C13H12BrN3O/c1-8-2-4-10(7-16-8)17-13(18)11-5-3-9(14)6-12(11)15/h2-7H,15H2,1H3,(H,17,18). The summed E-state index contributed by atoms with van der Waals surface area (Å²) in [4.78, 5) is 16.1. The molecule has 0 aliphatic carbocycles. The number of nitrogen functional groups attached to an aromatic ring is 1. The quantitative estimate of drug-likeness (QED) is 0.838. The lowest BCUT2D eigenvalue weighted by Crippen LogP contribution is -2.14. The Morgan fingerprint density at radius 2 is 2.11 bits per heavy atom. The predicted molar refractivity (Wildman–Crippen MR) is 75.5 cm³/mol. The van der Waals surface area contributed by atoms with Gasteiger partial charge in [-0.2, -0.15) is 0 Å². The maximum absolute atomic E-state index is 12.0. The van der Waals surface area contributed by atoms with Gasteiger partial charge in [-0.25, -0.2) is 0 Å². The molecule has 1 amide bonds. The lowest BCUT2D eigenvalue weighted by Gasteiger charge is -2.07. The Labute approximate surface area is 113 Å². The van der Waals surface area contributed by atoms with E-state index in [0.717, 1.165) is 10.2 Å². The van der Waals surface area contributed by atoms with Gasteiger partial charge in [0.05, 0.1) is 17.4 Å². The van der Waals surface area contributed by atoms with Crippen LogP contribution in [0.25, 0.3) is 0 Å². The smallest absolute Gasteiger partial charge is 0.257 e. The lowest BCUT2D eigenvalue weighted by molar-refractivity contribution is 0.102. The van der Waals surface area contributed by atoms with E-state index in [1.54, 1.807) is 30.5 Å². The molecular formula is C13H12BrN3O. The minimum atomic E-state index is -0.245. The van der Waals surface area contributed by atoms with Gasteiger partial charge in [0.2, 0.25) is 0 Å². The van der Waals surface area contributed by atoms with Crippen molar-refractivity contribution in [3.8, 4) is 0 Å². The number of carbonyl (C=O) groups is 1. The number of benzene rings is 1. The first-order valence-corrected chi connectivity index (χ1v) is 6.14. The van der Waals surface area contributed by atoms with Crippen LogP contribution in [-0.4, -0.2) is 10.9 Å². The summed E-state index contributed by atoms with van der Waals surface area (Å²) in [6, 6.07) is 8.78. The molecule has 2 aromatic rings. The number of rotatable bonds is 2. The Morgan fingerprint density at radius 3 is 2.72 bits per heavy atom. The number of pyridine rings is 1. The molecular weight excluding hydrogens is 294 g/mol. The molecule has 0 saturated carbocycles. The third-order valence-corrected chi connectivity index (χ3v) is 2.92. The Bertz CT molecular complexity index is 581. The van der Waals surface area contributed by atoms with E-state index in [0.29, 0.717) is 16.9 Å². The van der Waals surface area contributed by atoms with Crippen molar-refractivity contribution in [2.45, 2.75) is 6.92 Å². The van der Waals surface area contributed by atoms with Gasteiger partial charge >= 0.3 is 0 Å². The summed E-state index contributed by atoms with van der Waals surface area (Å²) < 4.78 is 0.841. The van der Waals surface area contributed by atoms with Gasteiger partial charge in [-0.3, -0.25) is 9.78 Å². The lowest BCUT2D eigenvalue weighted by atomic mass is 10.1. The van der Waals surface area contributed by atoms with Crippen LogP contribution in [0.15, 0.2) is 41.0 Å². The number of aromatic nitrogens is 1. The Balaban J connectivity index is 2.19. The average molecular weight is 306 g/mol. The largest absolute Gasteiger partial charge is 0.398 e. The molecule has 0 spiro atoms. The molecule has 1 aromatic carbocycles. The number of hydrogen-bond acceptors (Lipinski definition) is 3. The third kappa shape index (κ3) is 2.87. The molecule has 4 nitrogen and oxygen atoms in total. The zero-order chi connectivity index (χ0) is 13.1. The number of nitrogens with one attached hydrogen (secondary N) is 1. The number of nitrogens with zero attached hydrogens (tertiary/aromatic N) is 1. The molecule has 0 fully saturated rings. The number of carbonyl (C=O) groups excluding carboxylic acids is 1. The van der Waals surface area contributed by atoms with E-state index in [9.17, 15) is 4.79 Å². The highest BCUT2D eigenvalue weighted by Crippen LogP contribution is 2.19. The molecule has 0 aliphatic heterocycles. The maximum Gasteiger partial charge on any atom is 0.257 e. The van der Waals surface area contributed by atoms with Gasteiger partial charge < -0.3 is 11.1 Å². The van der Waals surface area contributed by atoms with Gasteiger partial charge in [-0.15, -0.1) is 0 Å². The maximum atomic E-state index is 12.0. The number of hydrogen-bond donors (Lipinski definition) is 2. The topological polar surface area (TPSA) is 68.0 Å². The molecule has 5 heteroatoms. The zero-order valence-electron chi connectivity index (χ0n) is 9.77. The average Bonchev–Trinajstić information content (AvgIpc) is 2.32. The van der Waals surface area contributed by atoms with Crippen molar-refractivity contribution in [1.82, 2.24) is 4.98 Å². The molecule has 3 N–H and O–H groups in total. The molecule has 0 radical (unpaired) electrons. The molecule has 0 saturated heterocycles. The van der Waals surface area contributed by atoms with E-state index in [1.807, 2.05) is 13.0 Å². The van der Waals surface area contributed by atoms with Crippen LogP contribution in [0, 0.1) is 6.92 Å². The minimum absolute atomic E-state index is 0.245. The third-order valence-electron chi connectivity index (χ3n) is 2.43. The van der Waals surface area contributed by atoms with Crippen LogP contribution < -0.4 is 11.1 Å². The van der Waals surface area contributed by atoms with Crippen molar-refractivity contribution in [3.05, 3.63) is 52.3 Å². The fourth-order valence-electron chi connectivity index (χ4n) is 1.48. The predicted octanol–water partition coefficient (Wildman–Crippen LogP) is 2.99. The Hall–Kier alpha value is -1.88. The van der Waals surface area contributed by atoms with Crippen LogP contribution in [0.3, 0.4) is 0 Å². The second-order valence-electron chi connectivity index (χ2n) is 3.87. The second-order valence-corrected chi connectivity index (χ2v) is 4.79. The Kier molecular flexibility index (Phi) is 3.62. The van der Waals surface area contributed by atoms with Crippen molar-refractivity contribution < 1.29 is 4.79 Å². The van der Waals surface area contributed by atoms with E-state index in [2.05, 4.69) is 26.2 Å². The summed E-state index contributed by atoms with van der Waals surface area (Å²) in [5.41, 5.74) is 8.21. The van der Waals surface area contributed by atoms with Crippen molar-refractivity contribution in [1.29, 1.82) is 0 Å². The summed E-state index contributed by atoms with van der Waals surface area (Å²) in [5.74, 6) is -0.245. The van der Waals surface area contributed by atoms with Gasteiger partial charge in [0.1, 0.15) is 0 Å². The fraction of sp³-hybridized carbons (Fsp3) is 0.0769. The van der Waals surface area contributed by atoms with Crippen LogP contribution in [0.4, 0.5) is 11.4 Å². The number of amides is 1. The molecule has 1 heterocycles. The first-order valence-electron chi connectivity index (χ1n) is 5.35. The molecule has 18 heavy (non-hydrogen) atoms. The minimum Gasteiger partial charge on any atom is -0.398 e. The van der Waals surface area contributed by atoms with Crippen molar-refractivity contribution in [2.75, 3.05) is 11.1 Å². The monoisotopic (exact) mass is 305 g/mol. The fourth-order valence-corrected chi connectivity index (χ4v) is 1.86. The number of aryl methyl sites for hydroxylation is 1. The van der Waals surface area contributed by atoms with Gasteiger partial charge in [0, 0.05) is 15.9 Å². The summed E-state index contributed by atoms with van der Waals surface area (Å²) in [5, 5.41) is 2.75. The SMILES string of the molecule is Cc1ccc(NC(=O)c2ccc(Br)cc2N)cn1. The summed E-state index contributed by atoms with van der Waals surface area (Å²) in [7, 11) is 0. The summed E-state index contributed by atoms with van der Waals surface area (Å²) >= 11 is 3.30. The zero-order valence-corrected chi connectivity index (χ0v) is 11.4. The molecule has 2 rings (SSSR count). The highest BCUT2D eigenvalue weighted by atomic mass is 79.9. The van der Waals surface area contributed by atoms with Crippen LogP contribution in [0.5, 0.6) is 0 Å². The molecule has 0 atom stereocenters. The highest BCUT2D eigenvalue weighted by molar-refractivity contribution is 9.10. The van der Waals surface area contributed by atoms with E-state index in [-0.39, 0.29) is 5.91 Å². The van der Waals surface area contributed by atoms with E-state index < -0.39 is 0 Å². The van der Waals surface area contributed by atoms with Gasteiger partial charge in [0.15, 0.2) is 0 Å².